The first-order valence-corrected chi connectivity index (χ1v) is 12.9. The summed E-state index contributed by atoms with van der Waals surface area (Å²) >= 11 is 1.62. The minimum atomic E-state index is -0.404. The van der Waals surface area contributed by atoms with Crippen molar-refractivity contribution >= 4 is 45.2 Å². The number of furan rings is 1. The fourth-order valence-corrected chi connectivity index (χ4v) is 6.42. The van der Waals surface area contributed by atoms with Crippen LogP contribution < -0.4 is 5.43 Å². The van der Waals surface area contributed by atoms with Crippen molar-refractivity contribution in [2.24, 2.45) is 5.10 Å². The van der Waals surface area contributed by atoms with Crippen molar-refractivity contribution in [3.05, 3.63) is 86.6 Å². The van der Waals surface area contributed by atoms with Gasteiger partial charge < -0.3 is 8.98 Å². The predicted octanol–water partition coefficient (Wildman–Crippen LogP) is 6.57. The van der Waals surface area contributed by atoms with E-state index < -0.39 is 5.91 Å². The van der Waals surface area contributed by atoms with Crippen LogP contribution in [0.3, 0.4) is 0 Å². The second-order valence-electron chi connectivity index (χ2n) is 9.17. The second kappa shape index (κ2) is 8.81. The summed E-state index contributed by atoms with van der Waals surface area (Å²) in [5.41, 5.74) is 8.50. The monoisotopic (exact) mass is 492 g/mol. The molecule has 3 aromatic heterocycles. The molecule has 0 spiro atoms. The summed E-state index contributed by atoms with van der Waals surface area (Å²) in [5, 5.41) is 17.1. The van der Waals surface area contributed by atoms with Crippen LogP contribution in [-0.4, -0.2) is 16.7 Å². The summed E-state index contributed by atoms with van der Waals surface area (Å²) in [6.07, 6.45) is 6.04. The maximum absolute atomic E-state index is 12.8. The molecule has 0 atom stereocenters. The quantitative estimate of drug-likeness (QED) is 0.227. The van der Waals surface area contributed by atoms with Crippen molar-refractivity contribution in [1.82, 2.24) is 9.99 Å². The first-order valence-electron chi connectivity index (χ1n) is 12.0. The highest BCUT2D eigenvalue weighted by Gasteiger charge is 2.24. The zero-order chi connectivity index (χ0) is 24.8. The van der Waals surface area contributed by atoms with Gasteiger partial charge in [-0.3, -0.25) is 4.79 Å². The molecule has 0 bridgehead atoms. The number of nitrogens with one attached hydrogen (secondary N) is 1. The summed E-state index contributed by atoms with van der Waals surface area (Å²) in [4.78, 5) is 14.9. The summed E-state index contributed by atoms with van der Waals surface area (Å²) < 4.78 is 7.95. The van der Waals surface area contributed by atoms with E-state index in [1.807, 2.05) is 56.3 Å². The number of hydrazone groups is 1. The second-order valence-corrected chi connectivity index (χ2v) is 10.3. The Morgan fingerprint density at radius 3 is 2.83 bits per heavy atom. The molecule has 178 valence electrons. The third-order valence-electron chi connectivity index (χ3n) is 6.96. The van der Waals surface area contributed by atoms with Gasteiger partial charge in [0.1, 0.15) is 16.5 Å². The molecular weight excluding hydrogens is 468 g/mol. The van der Waals surface area contributed by atoms with Gasteiger partial charge in [-0.2, -0.15) is 10.4 Å². The predicted molar refractivity (Wildman–Crippen MR) is 143 cm³/mol. The highest BCUT2D eigenvalue weighted by atomic mass is 32.1. The zero-order valence-corrected chi connectivity index (χ0v) is 20.9. The molecule has 0 saturated heterocycles. The van der Waals surface area contributed by atoms with Crippen molar-refractivity contribution in [3.8, 4) is 11.8 Å². The van der Waals surface area contributed by atoms with Crippen LogP contribution in [0.4, 0.5) is 0 Å². The fraction of sp³-hybridized carbons (Fsp3) is 0.207. The van der Waals surface area contributed by atoms with Gasteiger partial charge in [-0.15, -0.1) is 11.3 Å². The molecule has 0 unspecified atom stereocenters. The van der Waals surface area contributed by atoms with Crippen molar-refractivity contribution in [3.63, 3.8) is 0 Å². The Balaban J connectivity index is 1.27. The van der Waals surface area contributed by atoms with Crippen molar-refractivity contribution in [2.45, 2.75) is 39.5 Å². The molecule has 7 heteroatoms. The van der Waals surface area contributed by atoms with Crippen LogP contribution in [0.1, 0.15) is 55.7 Å². The van der Waals surface area contributed by atoms with Gasteiger partial charge in [0, 0.05) is 27.2 Å². The van der Waals surface area contributed by atoms with Gasteiger partial charge in [0.25, 0.3) is 0 Å². The first kappa shape index (κ1) is 22.3. The average molecular weight is 493 g/mol. The molecule has 2 aromatic carbocycles. The van der Waals surface area contributed by atoms with Crippen LogP contribution in [0.2, 0.25) is 0 Å². The molecule has 0 saturated carbocycles. The third kappa shape index (κ3) is 3.62. The minimum Gasteiger partial charge on any atom is -0.451 e. The van der Waals surface area contributed by atoms with E-state index >= 15 is 0 Å². The number of nitrogens with zero attached hydrogens (tertiary/aromatic N) is 3. The lowest BCUT2D eigenvalue weighted by atomic mass is 9.97. The number of aromatic nitrogens is 1. The number of carbonyl (C=O) groups excluding carboxylic acids is 1. The van der Waals surface area contributed by atoms with E-state index in [2.05, 4.69) is 21.2 Å². The molecule has 1 amide bonds. The fourth-order valence-electron chi connectivity index (χ4n) is 5.24. The molecule has 6 nitrogen and oxygen atoms in total. The van der Waals surface area contributed by atoms with Gasteiger partial charge in [0.05, 0.1) is 11.9 Å². The number of benzene rings is 2. The Labute approximate surface area is 212 Å². The molecule has 1 aliphatic carbocycles. The van der Waals surface area contributed by atoms with E-state index in [0.29, 0.717) is 5.58 Å². The number of fused-ring (bicyclic) bond motifs is 4. The third-order valence-corrected chi connectivity index (χ3v) is 8.14. The molecule has 3 heterocycles. The maximum Gasteiger partial charge on any atom is 0.307 e. The van der Waals surface area contributed by atoms with E-state index in [1.54, 1.807) is 23.6 Å². The Morgan fingerprint density at radius 1 is 1.14 bits per heavy atom. The molecule has 0 radical (unpaired) electrons. The lowest BCUT2D eigenvalue weighted by molar-refractivity contribution is 0.0929. The van der Waals surface area contributed by atoms with E-state index in [9.17, 15) is 10.1 Å². The van der Waals surface area contributed by atoms with Gasteiger partial charge in [0.2, 0.25) is 0 Å². The van der Waals surface area contributed by atoms with E-state index in [1.165, 1.54) is 16.9 Å². The molecule has 5 aromatic rings. The number of amides is 1. The molecule has 1 aliphatic rings. The summed E-state index contributed by atoms with van der Waals surface area (Å²) in [7, 11) is 0. The molecule has 0 aliphatic heterocycles. The lowest BCUT2D eigenvalue weighted by Crippen LogP contribution is -2.16. The van der Waals surface area contributed by atoms with Crippen LogP contribution >= 0.6 is 11.3 Å². The van der Waals surface area contributed by atoms with Crippen molar-refractivity contribution < 1.29 is 9.21 Å². The van der Waals surface area contributed by atoms with Gasteiger partial charge in [-0.05, 0) is 74.1 Å². The summed E-state index contributed by atoms with van der Waals surface area (Å²) in [6.45, 7) is 4.06. The molecule has 1 N–H and O–H groups in total. The smallest absolute Gasteiger partial charge is 0.307 e. The standard InChI is InChI=1S/C29H24N4O2S/c1-17-13-20(18(2)33(17)28-22-9-5-6-10-26(22)36-27(28)15-30)16-31-32-29(34)25-14-23-21-8-4-3-7-19(21)11-12-24(23)35-25/h3-4,7-8,11-14,16H,5-6,9-10H2,1-2H3,(H,32,34)/b31-16+. The normalized spacial score (nSPS) is 13.4. The van der Waals surface area contributed by atoms with Gasteiger partial charge in [0.15, 0.2) is 5.76 Å². The summed E-state index contributed by atoms with van der Waals surface area (Å²) in [5.74, 6) is -0.188. The molecule has 36 heavy (non-hydrogen) atoms. The molecule has 6 rings (SSSR count). The first-order chi connectivity index (χ1) is 17.5. The number of hydrogen-bond donors (Lipinski definition) is 1. The van der Waals surface area contributed by atoms with Crippen molar-refractivity contribution in [2.75, 3.05) is 0 Å². The van der Waals surface area contributed by atoms with Crippen LogP contribution in [0.25, 0.3) is 27.4 Å². The van der Waals surface area contributed by atoms with Crippen molar-refractivity contribution in [1.29, 1.82) is 5.26 Å². The number of carbonyl (C=O) groups is 1. The number of nitriles is 1. The minimum absolute atomic E-state index is 0.215. The van der Waals surface area contributed by atoms with Crippen LogP contribution in [0.5, 0.6) is 0 Å². The maximum atomic E-state index is 12.8. The highest BCUT2D eigenvalue weighted by molar-refractivity contribution is 7.13. The van der Waals surface area contributed by atoms with Gasteiger partial charge >= 0.3 is 5.91 Å². The topological polar surface area (TPSA) is 83.3 Å². The average Bonchev–Trinajstić information content (AvgIpc) is 3.57. The molecular formula is C29H24N4O2S. The Bertz CT molecular complexity index is 1730. The summed E-state index contributed by atoms with van der Waals surface area (Å²) in [6, 6.07) is 18.1. The SMILES string of the molecule is Cc1cc(/C=N/NC(=O)c2cc3c(ccc4ccccc43)o2)c(C)n1-c1c(C#N)sc2c1CCCC2. The highest BCUT2D eigenvalue weighted by Crippen LogP contribution is 2.38. The van der Waals surface area contributed by atoms with E-state index in [0.717, 1.165) is 62.9 Å². The van der Waals surface area contributed by atoms with Crippen LogP contribution in [-0.2, 0) is 12.8 Å². The Kier molecular flexibility index (Phi) is 5.46. The number of thiophene rings is 1. The van der Waals surface area contributed by atoms with Gasteiger partial charge in [-0.25, -0.2) is 5.43 Å². The number of hydrogen-bond acceptors (Lipinski definition) is 5. The largest absolute Gasteiger partial charge is 0.451 e. The van der Waals surface area contributed by atoms with Crippen LogP contribution in [0, 0.1) is 25.2 Å². The van der Waals surface area contributed by atoms with Crippen LogP contribution in [0.15, 0.2) is 58.0 Å². The Hall–Kier alpha value is -4.15. The zero-order valence-electron chi connectivity index (χ0n) is 20.1. The lowest BCUT2D eigenvalue weighted by Gasteiger charge is -2.16. The van der Waals surface area contributed by atoms with E-state index in [4.69, 9.17) is 4.42 Å². The molecule has 0 fully saturated rings. The van der Waals surface area contributed by atoms with Gasteiger partial charge in [-0.1, -0.05) is 30.3 Å². The van der Waals surface area contributed by atoms with E-state index in [-0.39, 0.29) is 5.76 Å². The number of aryl methyl sites for hydroxylation is 2. The Morgan fingerprint density at radius 2 is 1.97 bits per heavy atom. The number of rotatable bonds is 4.